The molecular weight excluding hydrogens is 230 g/mol. The molecule has 2 heterocycles. The van der Waals surface area contributed by atoms with Gasteiger partial charge in [-0.25, -0.2) is 0 Å². The molecule has 1 aromatic heterocycles. The minimum absolute atomic E-state index is 0.770. The van der Waals surface area contributed by atoms with E-state index < -0.39 is 0 Å². The second kappa shape index (κ2) is 6.15. The molecule has 1 fully saturated rings. The van der Waals surface area contributed by atoms with Crippen molar-refractivity contribution in [1.29, 1.82) is 0 Å². The summed E-state index contributed by atoms with van der Waals surface area (Å²) in [7, 11) is 0. The Morgan fingerprint density at radius 3 is 3.12 bits per heavy atom. The van der Waals surface area contributed by atoms with Crippen LogP contribution in [0.4, 0.5) is 11.4 Å². The molecule has 1 unspecified atom stereocenters. The number of nitrogens with one attached hydrogen (secondary N) is 1. The van der Waals surface area contributed by atoms with Crippen LogP contribution in [0.25, 0.3) is 0 Å². The van der Waals surface area contributed by atoms with Crippen LogP contribution in [0.2, 0.25) is 0 Å². The molecule has 0 amide bonds. The van der Waals surface area contributed by atoms with E-state index in [1.807, 2.05) is 12.4 Å². The van der Waals surface area contributed by atoms with Crippen LogP contribution < -0.4 is 10.2 Å². The molecule has 1 aliphatic heterocycles. The van der Waals surface area contributed by atoms with Gasteiger partial charge >= 0.3 is 0 Å². The van der Waals surface area contributed by atoms with Crippen molar-refractivity contribution in [3.63, 3.8) is 0 Å². The van der Waals surface area contributed by atoms with Gasteiger partial charge in [-0.3, -0.25) is 4.98 Å². The molecule has 2 rings (SSSR count). The largest absolute Gasteiger partial charge is 0.384 e. The third kappa shape index (κ3) is 3.28. The molecule has 0 bridgehead atoms. The second-order valence-electron chi connectivity index (χ2n) is 4.31. The average Bonchev–Trinajstić information content (AvgIpc) is 2.40. The Morgan fingerprint density at radius 1 is 1.47 bits per heavy atom. The number of rotatable bonds is 4. The molecular formula is C13H21N3S. The molecule has 1 N–H and O–H groups in total. The van der Waals surface area contributed by atoms with Crippen LogP contribution >= 0.6 is 11.8 Å². The van der Waals surface area contributed by atoms with Crippen LogP contribution in [0.15, 0.2) is 18.5 Å². The normalized spacial score (nSPS) is 20.4. The van der Waals surface area contributed by atoms with E-state index in [1.165, 1.54) is 17.9 Å². The van der Waals surface area contributed by atoms with Gasteiger partial charge in [0.1, 0.15) is 0 Å². The van der Waals surface area contributed by atoms with Crippen LogP contribution in [0, 0.1) is 0 Å². The van der Waals surface area contributed by atoms with Gasteiger partial charge in [0.2, 0.25) is 0 Å². The summed E-state index contributed by atoms with van der Waals surface area (Å²) in [6.07, 6.45) is 5.12. The lowest BCUT2D eigenvalue weighted by molar-refractivity contribution is 0.727. The fourth-order valence-corrected chi connectivity index (χ4v) is 3.28. The zero-order valence-electron chi connectivity index (χ0n) is 10.6. The van der Waals surface area contributed by atoms with Gasteiger partial charge in [0.15, 0.2) is 0 Å². The van der Waals surface area contributed by atoms with E-state index >= 15 is 0 Å². The second-order valence-corrected chi connectivity index (χ2v) is 5.72. The SMILES string of the molecule is CCNc1cncc(N2CCSC(CC)C2)c1. The smallest absolute Gasteiger partial charge is 0.0574 e. The standard InChI is InChI=1S/C13H21N3S/c1-3-13-10-16(5-6-17-13)12-7-11(15-4-2)8-14-9-12/h7-9,13,15H,3-6,10H2,1-2H3. The summed E-state index contributed by atoms with van der Waals surface area (Å²) < 4.78 is 0. The number of anilines is 2. The molecule has 1 atom stereocenters. The Morgan fingerprint density at radius 2 is 2.35 bits per heavy atom. The van der Waals surface area contributed by atoms with E-state index in [9.17, 15) is 0 Å². The van der Waals surface area contributed by atoms with Gasteiger partial charge in [0.25, 0.3) is 0 Å². The van der Waals surface area contributed by atoms with Crippen molar-refractivity contribution in [3.05, 3.63) is 18.5 Å². The molecule has 3 nitrogen and oxygen atoms in total. The Hall–Kier alpha value is -0.900. The topological polar surface area (TPSA) is 28.2 Å². The molecule has 0 aromatic carbocycles. The quantitative estimate of drug-likeness (QED) is 0.890. The average molecular weight is 251 g/mol. The Labute approximate surface area is 108 Å². The number of hydrogen-bond acceptors (Lipinski definition) is 4. The van der Waals surface area contributed by atoms with Gasteiger partial charge < -0.3 is 10.2 Å². The number of nitrogens with zero attached hydrogens (tertiary/aromatic N) is 2. The first kappa shape index (κ1) is 12.6. The van der Waals surface area contributed by atoms with Gasteiger partial charge in [0.05, 0.1) is 23.8 Å². The lowest BCUT2D eigenvalue weighted by atomic mass is 10.2. The first-order valence-corrected chi connectivity index (χ1v) is 7.43. The van der Waals surface area contributed by atoms with Crippen molar-refractivity contribution < 1.29 is 0 Å². The fourth-order valence-electron chi connectivity index (χ4n) is 2.10. The number of aromatic nitrogens is 1. The predicted octanol–water partition coefficient (Wildman–Crippen LogP) is 2.85. The number of thioether (sulfide) groups is 1. The summed E-state index contributed by atoms with van der Waals surface area (Å²) in [4.78, 5) is 6.78. The fraction of sp³-hybridized carbons (Fsp3) is 0.615. The van der Waals surface area contributed by atoms with E-state index in [1.54, 1.807) is 0 Å². The van der Waals surface area contributed by atoms with E-state index in [2.05, 4.69) is 46.9 Å². The van der Waals surface area contributed by atoms with Crippen molar-refractivity contribution in [2.45, 2.75) is 25.5 Å². The van der Waals surface area contributed by atoms with Crippen LogP contribution in [-0.4, -0.2) is 35.6 Å². The Kier molecular flexibility index (Phi) is 4.54. The minimum atomic E-state index is 0.770. The maximum absolute atomic E-state index is 4.32. The third-order valence-electron chi connectivity index (χ3n) is 3.06. The maximum Gasteiger partial charge on any atom is 0.0574 e. The van der Waals surface area contributed by atoms with E-state index in [0.29, 0.717) is 0 Å². The first-order valence-electron chi connectivity index (χ1n) is 6.39. The molecule has 1 saturated heterocycles. The molecule has 0 radical (unpaired) electrons. The van der Waals surface area contributed by atoms with Gasteiger partial charge in [-0.15, -0.1) is 0 Å². The van der Waals surface area contributed by atoms with Crippen LogP contribution in [0.3, 0.4) is 0 Å². The Balaban J connectivity index is 2.07. The van der Waals surface area contributed by atoms with E-state index in [4.69, 9.17) is 0 Å². The van der Waals surface area contributed by atoms with Crippen LogP contribution in [0.5, 0.6) is 0 Å². The van der Waals surface area contributed by atoms with Crippen molar-refractivity contribution >= 4 is 23.1 Å². The predicted molar refractivity (Wildman–Crippen MR) is 77.2 cm³/mol. The van der Waals surface area contributed by atoms with Crippen molar-refractivity contribution in [3.8, 4) is 0 Å². The summed E-state index contributed by atoms with van der Waals surface area (Å²) in [5.41, 5.74) is 2.37. The maximum atomic E-state index is 4.32. The van der Waals surface area contributed by atoms with E-state index in [-0.39, 0.29) is 0 Å². The van der Waals surface area contributed by atoms with E-state index in [0.717, 1.165) is 30.6 Å². The van der Waals surface area contributed by atoms with Gasteiger partial charge in [-0.2, -0.15) is 11.8 Å². The third-order valence-corrected chi connectivity index (χ3v) is 4.44. The highest BCUT2D eigenvalue weighted by Gasteiger charge is 2.19. The zero-order valence-corrected chi connectivity index (χ0v) is 11.5. The highest BCUT2D eigenvalue weighted by molar-refractivity contribution is 8.00. The zero-order chi connectivity index (χ0) is 12.1. The van der Waals surface area contributed by atoms with Crippen molar-refractivity contribution in [1.82, 2.24) is 4.98 Å². The summed E-state index contributed by atoms with van der Waals surface area (Å²) in [6, 6.07) is 2.21. The monoisotopic (exact) mass is 251 g/mol. The van der Waals surface area contributed by atoms with Gasteiger partial charge in [-0.1, -0.05) is 6.92 Å². The minimum Gasteiger partial charge on any atom is -0.384 e. The molecule has 1 aliphatic rings. The van der Waals surface area contributed by atoms with Gasteiger partial charge in [0, 0.05) is 30.6 Å². The highest BCUT2D eigenvalue weighted by Crippen LogP contribution is 2.26. The lowest BCUT2D eigenvalue weighted by Crippen LogP contribution is -2.37. The van der Waals surface area contributed by atoms with Crippen LogP contribution in [0.1, 0.15) is 20.3 Å². The summed E-state index contributed by atoms with van der Waals surface area (Å²) in [5, 5.41) is 4.09. The molecule has 4 heteroatoms. The number of hydrogen-bond donors (Lipinski definition) is 1. The Bertz CT molecular complexity index is 356. The molecule has 0 spiro atoms. The molecule has 0 aliphatic carbocycles. The molecule has 94 valence electrons. The molecule has 0 saturated carbocycles. The lowest BCUT2D eigenvalue weighted by Gasteiger charge is -2.33. The van der Waals surface area contributed by atoms with Crippen LogP contribution in [-0.2, 0) is 0 Å². The number of pyridine rings is 1. The molecule has 1 aromatic rings. The summed E-state index contributed by atoms with van der Waals surface area (Å²) in [5.74, 6) is 1.23. The van der Waals surface area contributed by atoms with Crippen molar-refractivity contribution in [2.75, 3.05) is 35.6 Å². The summed E-state index contributed by atoms with van der Waals surface area (Å²) in [6.45, 7) is 7.61. The highest BCUT2D eigenvalue weighted by atomic mass is 32.2. The van der Waals surface area contributed by atoms with Gasteiger partial charge in [-0.05, 0) is 19.4 Å². The molecule has 17 heavy (non-hydrogen) atoms. The van der Waals surface area contributed by atoms with Crippen molar-refractivity contribution in [2.24, 2.45) is 0 Å². The summed E-state index contributed by atoms with van der Waals surface area (Å²) >= 11 is 2.10. The first-order chi connectivity index (χ1) is 8.33.